The fourth-order valence-corrected chi connectivity index (χ4v) is 2.46. The van der Waals surface area contributed by atoms with E-state index in [-0.39, 0.29) is 6.61 Å². The second-order valence-corrected chi connectivity index (χ2v) is 5.18. The normalized spacial score (nSPS) is 10.9. The molecule has 0 aliphatic heterocycles. The zero-order chi connectivity index (χ0) is 17.2. The highest BCUT2D eigenvalue weighted by molar-refractivity contribution is 5.78. The molecule has 1 aromatic carbocycles. The molecule has 0 bridgehead atoms. The summed E-state index contributed by atoms with van der Waals surface area (Å²) in [7, 11) is 1.61. The number of nitrogens with one attached hydrogen (secondary N) is 1. The molecule has 0 fully saturated rings. The van der Waals surface area contributed by atoms with Crippen LogP contribution in [0.3, 0.4) is 0 Å². The third kappa shape index (κ3) is 2.80. The van der Waals surface area contributed by atoms with Gasteiger partial charge in [0.15, 0.2) is 16.9 Å². The van der Waals surface area contributed by atoms with E-state index >= 15 is 0 Å². The Kier molecular flexibility index (Phi) is 3.61. The van der Waals surface area contributed by atoms with Gasteiger partial charge in [0.05, 0.1) is 12.8 Å². The molecule has 3 heterocycles. The van der Waals surface area contributed by atoms with Gasteiger partial charge in [0, 0.05) is 11.6 Å². The third-order valence-corrected chi connectivity index (χ3v) is 3.61. The predicted molar refractivity (Wildman–Crippen MR) is 88.3 cm³/mol. The second-order valence-electron chi connectivity index (χ2n) is 5.18. The number of hydrogen-bond acceptors (Lipinski definition) is 8. The highest BCUT2D eigenvalue weighted by Crippen LogP contribution is 2.27. The standard InChI is InChI=1S/C15H14N8O2/c1-24-11-3-2-10(23-8-17-7-18-23)4-9(11)6-25-12-5-13(16)19-15-14(12)20-22-21-15/h2-5,7-8H,6H2,1H3,(H3,16,19,20,21,22). The summed E-state index contributed by atoms with van der Waals surface area (Å²) in [5.41, 5.74) is 8.45. The minimum Gasteiger partial charge on any atom is -0.496 e. The predicted octanol–water partition coefficient (Wildman–Crippen LogP) is 1.10. The van der Waals surface area contributed by atoms with Gasteiger partial charge in [-0.1, -0.05) is 5.21 Å². The Morgan fingerprint density at radius 2 is 2.16 bits per heavy atom. The van der Waals surface area contributed by atoms with Gasteiger partial charge in [-0.25, -0.2) is 19.7 Å². The van der Waals surface area contributed by atoms with Gasteiger partial charge in [-0.2, -0.15) is 5.10 Å². The molecule has 10 heteroatoms. The highest BCUT2D eigenvalue weighted by atomic mass is 16.5. The maximum Gasteiger partial charge on any atom is 0.181 e. The van der Waals surface area contributed by atoms with E-state index in [0.29, 0.717) is 28.5 Å². The van der Waals surface area contributed by atoms with Crippen LogP contribution < -0.4 is 15.2 Å². The molecule has 0 aliphatic rings. The van der Waals surface area contributed by atoms with E-state index in [1.54, 1.807) is 24.2 Å². The van der Waals surface area contributed by atoms with Crippen LogP contribution in [0.15, 0.2) is 36.9 Å². The number of rotatable bonds is 5. The molecule has 0 atom stereocenters. The minimum atomic E-state index is 0.247. The first-order valence-electron chi connectivity index (χ1n) is 7.36. The van der Waals surface area contributed by atoms with Crippen molar-refractivity contribution in [3.8, 4) is 17.2 Å². The van der Waals surface area contributed by atoms with Gasteiger partial charge in [-0.3, -0.25) is 0 Å². The molecule has 3 aromatic heterocycles. The van der Waals surface area contributed by atoms with Gasteiger partial charge in [-0.05, 0) is 18.2 Å². The zero-order valence-corrected chi connectivity index (χ0v) is 13.2. The van der Waals surface area contributed by atoms with Gasteiger partial charge in [0.1, 0.15) is 30.8 Å². The molecule has 3 N–H and O–H groups in total. The van der Waals surface area contributed by atoms with E-state index in [1.165, 1.54) is 6.33 Å². The summed E-state index contributed by atoms with van der Waals surface area (Å²) >= 11 is 0. The van der Waals surface area contributed by atoms with Crippen molar-refractivity contribution >= 4 is 17.0 Å². The van der Waals surface area contributed by atoms with E-state index in [9.17, 15) is 0 Å². The Morgan fingerprint density at radius 3 is 2.96 bits per heavy atom. The summed E-state index contributed by atoms with van der Waals surface area (Å²) in [5.74, 6) is 1.50. The molecule has 0 saturated carbocycles. The number of aromatic amines is 1. The third-order valence-electron chi connectivity index (χ3n) is 3.61. The van der Waals surface area contributed by atoms with Crippen LogP contribution in [0.2, 0.25) is 0 Å². The van der Waals surface area contributed by atoms with Crippen molar-refractivity contribution in [1.82, 2.24) is 35.2 Å². The topological polar surface area (TPSA) is 130 Å². The van der Waals surface area contributed by atoms with Crippen molar-refractivity contribution in [1.29, 1.82) is 0 Å². The number of pyridine rings is 1. The van der Waals surface area contributed by atoms with Crippen molar-refractivity contribution in [2.24, 2.45) is 0 Å². The lowest BCUT2D eigenvalue weighted by molar-refractivity contribution is 0.299. The maximum absolute atomic E-state index is 5.89. The van der Waals surface area contributed by atoms with Gasteiger partial charge in [0.2, 0.25) is 0 Å². The summed E-state index contributed by atoms with van der Waals surface area (Å²) in [6.07, 6.45) is 3.09. The second kappa shape index (κ2) is 6.07. The highest BCUT2D eigenvalue weighted by Gasteiger charge is 2.12. The van der Waals surface area contributed by atoms with Crippen LogP contribution in [-0.4, -0.2) is 42.3 Å². The quantitative estimate of drug-likeness (QED) is 0.553. The van der Waals surface area contributed by atoms with Crippen LogP contribution in [0.4, 0.5) is 5.82 Å². The molecule has 0 saturated heterocycles. The first-order valence-corrected chi connectivity index (χ1v) is 7.36. The summed E-state index contributed by atoms with van der Waals surface area (Å²) in [5, 5.41) is 14.5. The van der Waals surface area contributed by atoms with Crippen molar-refractivity contribution in [3.05, 3.63) is 42.5 Å². The van der Waals surface area contributed by atoms with Crippen LogP contribution in [0.5, 0.6) is 11.5 Å². The number of anilines is 1. The fourth-order valence-electron chi connectivity index (χ4n) is 2.46. The summed E-state index contributed by atoms with van der Waals surface area (Å²) in [6.45, 7) is 0.247. The first kappa shape index (κ1) is 14.9. The fraction of sp³-hybridized carbons (Fsp3) is 0.133. The Hall–Kier alpha value is -3.69. The smallest absolute Gasteiger partial charge is 0.181 e. The number of methoxy groups -OCH3 is 1. The summed E-state index contributed by atoms with van der Waals surface area (Å²) < 4.78 is 13.0. The lowest BCUT2D eigenvalue weighted by atomic mass is 10.2. The first-order chi connectivity index (χ1) is 12.2. The molecule has 10 nitrogen and oxygen atoms in total. The molecule has 0 spiro atoms. The van der Waals surface area contributed by atoms with Gasteiger partial charge >= 0.3 is 0 Å². The van der Waals surface area contributed by atoms with Crippen molar-refractivity contribution in [2.75, 3.05) is 12.8 Å². The number of nitrogen functional groups attached to an aromatic ring is 1. The zero-order valence-electron chi connectivity index (χ0n) is 13.2. The van der Waals surface area contributed by atoms with Gasteiger partial charge in [-0.15, -0.1) is 5.10 Å². The van der Waals surface area contributed by atoms with Crippen LogP contribution in [0.1, 0.15) is 5.56 Å². The monoisotopic (exact) mass is 338 g/mol. The largest absolute Gasteiger partial charge is 0.496 e. The number of nitrogens with zero attached hydrogens (tertiary/aromatic N) is 6. The molecule has 4 aromatic rings. The molecule has 4 rings (SSSR count). The Labute approximate surface area is 141 Å². The van der Waals surface area contributed by atoms with Crippen LogP contribution in [0.25, 0.3) is 16.9 Å². The number of nitrogens with two attached hydrogens (primary N) is 1. The van der Waals surface area contributed by atoms with Crippen LogP contribution in [0, 0.1) is 0 Å². The van der Waals surface area contributed by atoms with Crippen molar-refractivity contribution in [2.45, 2.75) is 6.61 Å². The van der Waals surface area contributed by atoms with E-state index in [2.05, 4.69) is 30.5 Å². The summed E-state index contributed by atoms with van der Waals surface area (Å²) in [6, 6.07) is 7.26. The van der Waals surface area contributed by atoms with E-state index in [0.717, 1.165) is 11.3 Å². The van der Waals surface area contributed by atoms with E-state index < -0.39 is 0 Å². The van der Waals surface area contributed by atoms with Crippen molar-refractivity contribution < 1.29 is 9.47 Å². The number of benzene rings is 1. The average molecular weight is 338 g/mol. The lowest BCUT2D eigenvalue weighted by Gasteiger charge is -2.12. The van der Waals surface area contributed by atoms with Crippen LogP contribution >= 0.6 is 0 Å². The van der Waals surface area contributed by atoms with Gasteiger partial charge in [0.25, 0.3) is 0 Å². The number of ether oxygens (including phenoxy) is 2. The minimum absolute atomic E-state index is 0.247. The van der Waals surface area contributed by atoms with Gasteiger partial charge < -0.3 is 15.2 Å². The Balaban J connectivity index is 1.65. The number of fused-ring (bicyclic) bond motifs is 1. The molecule has 0 unspecified atom stereocenters. The van der Waals surface area contributed by atoms with Crippen molar-refractivity contribution in [3.63, 3.8) is 0 Å². The molecule has 0 amide bonds. The summed E-state index contributed by atoms with van der Waals surface area (Å²) in [4.78, 5) is 8.06. The molecular formula is C15H14N8O2. The lowest BCUT2D eigenvalue weighted by Crippen LogP contribution is -2.03. The Morgan fingerprint density at radius 1 is 1.24 bits per heavy atom. The molecule has 25 heavy (non-hydrogen) atoms. The number of H-pyrrole nitrogens is 1. The molecule has 126 valence electrons. The Bertz CT molecular complexity index is 1010. The maximum atomic E-state index is 5.89. The van der Waals surface area contributed by atoms with E-state index in [4.69, 9.17) is 15.2 Å². The molecule has 0 radical (unpaired) electrons. The van der Waals surface area contributed by atoms with Crippen LogP contribution in [-0.2, 0) is 6.61 Å². The molecule has 0 aliphatic carbocycles. The number of aromatic nitrogens is 7. The average Bonchev–Trinajstić information content (AvgIpc) is 3.30. The molecular weight excluding hydrogens is 324 g/mol. The van der Waals surface area contributed by atoms with E-state index in [1.807, 2.05) is 18.2 Å². The SMILES string of the molecule is COc1ccc(-n2cncn2)cc1COc1cc(N)nc2[nH]nnc12. The number of hydrogen-bond donors (Lipinski definition) is 2.